The van der Waals surface area contributed by atoms with Gasteiger partial charge in [-0.1, -0.05) is 43.1 Å². The summed E-state index contributed by atoms with van der Waals surface area (Å²) in [6.45, 7) is 0. The summed E-state index contributed by atoms with van der Waals surface area (Å²) < 4.78 is 42.7. The Morgan fingerprint density at radius 1 is 1.22 bits per heavy atom. The van der Waals surface area contributed by atoms with Crippen LogP contribution in [0.15, 0.2) is 33.3 Å². The van der Waals surface area contributed by atoms with Crippen molar-refractivity contribution in [2.45, 2.75) is 11.5 Å². The average molecular weight is 385 g/mol. The van der Waals surface area contributed by atoms with Crippen molar-refractivity contribution in [2.24, 2.45) is 0 Å². The van der Waals surface area contributed by atoms with Crippen molar-refractivity contribution in [1.82, 2.24) is 5.16 Å². The average Bonchev–Trinajstić information content (AvgIpc) is 2.75. The zero-order valence-electron chi connectivity index (χ0n) is 8.76. The second kappa shape index (κ2) is 5.05. The second-order valence-electron chi connectivity index (χ2n) is 3.50. The van der Waals surface area contributed by atoms with Gasteiger partial charge in [0.05, 0.1) is 10.9 Å². The van der Waals surface area contributed by atoms with E-state index in [-0.39, 0.29) is 4.47 Å². The van der Waals surface area contributed by atoms with Crippen LogP contribution in [0, 0.1) is 0 Å². The first kappa shape index (κ1) is 13.6. The highest BCUT2D eigenvalue weighted by Gasteiger charge is 2.32. The van der Waals surface area contributed by atoms with Gasteiger partial charge in [-0.15, -0.1) is 0 Å². The van der Waals surface area contributed by atoms with E-state index in [1.807, 2.05) is 0 Å². The molecule has 0 fully saturated rings. The van der Waals surface area contributed by atoms with Crippen molar-refractivity contribution in [3.05, 3.63) is 40.1 Å². The summed E-state index contributed by atoms with van der Waals surface area (Å²) >= 11 is 6.12. The Balaban J connectivity index is 2.40. The molecule has 0 bridgehead atoms. The van der Waals surface area contributed by atoms with Gasteiger partial charge in [0.15, 0.2) is 0 Å². The van der Waals surface area contributed by atoms with Gasteiger partial charge in [0.1, 0.15) is 11.5 Å². The number of benzene rings is 1. The molecule has 1 heterocycles. The molecule has 0 unspecified atom stereocenters. The van der Waals surface area contributed by atoms with Crippen molar-refractivity contribution < 1.29 is 17.7 Å². The number of nitrogens with zero attached hydrogens (tertiary/aromatic N) is 1. The molecule has 1 aromatic carbocycles. The van der Waals surface area contributed by atoms with Gasteiger partial charge < -0.3 is 4.52 Å². The maximum Gasteiger partial charge on any atom is 0.417 e. The largest absolute Gasteiger partial charge is 0.417 e. The molecule has 0 spiro atoms. The van der Waals surface area contributed by atoms with E-state index < -0.39 is 11.7 Å². The third-order valence-electron chi connectivity index (χ3n) is 2.26. The van der Waals surface area contributed by atoms with Gasteiger partial charge >= 0.3 is 6.18 Å². The fraction of sp³-hybridized carbons (Fsp3) is 0.182. The first-order valence-electron chi connectivity index (χ1n) is 4.80. The molecule has 0 saturated heterocycles. The normalized spacial score (nSPS) is 11.8. The molecule has 1 aromatic heterocycles. The molecule has 2 nitrogen and oxygen atoms in total. The van der Waals surface area contributed by atoms with Gasteiger partial charge in [0, 0.05) is 16.1 Å². The minimum Gasteiger partial charge on any atom is -0.360 e. The highest BCUT2D eigenvalue weighted by atomic mass is 79.9. The van der Waals surface area contributed by atoms with Crippen molar-refractivity contribution >= 4 is 31.9 Å². The van der Waals surface area contributed by atoms with Gasteiger partial charge in [-0.2, -0.15) is 13.2 Å². The van der Waals surface area contributed by atoms with Crippen LogP contribution in [0.5, 0.6) is 0 Å². The van der Waals surface area contributed by atoms with Crippen LogP contribution in [-0.4, -0.2) is 5.16 Å². The number of alkyl halides is 4. The molecule has 2 rings (SSSR count). The SMILES string of the molecule is FC(F)(F)c1ccc(-c2cc(CBr)on2)cc1Br. The molecule has 0 N–H and O–H groups in total. The maximum absolute atomic E-state index is 12.6. The number of hydrogen-bond donors (Lipinski definition) is 0. The molecule has 0 radical (unpaired) electrons. The Morgan fingerprint density at radius 2 is 1.94 bits per heavy atom. The Bertz CT molecular complexity index is 566. The van der Waals surface area contributed by atoms with Gasteiger partial charge in [-0.05, 0) is 12.1 Å². The van der Waals surface area contributed by atoms with E-state index in [1.165, 1.54) is 12.1 Å². The summed E-state index contributed by atoms with van der Waals surface area (Å²) in [7, 11) is 0. The summed E-state index contributed by atoms with van der Waals surface area (Å²) in [6, 6.07) is 5.42. The standard InChI is InChI=1S/C11H6Br2F3NO/c12-5-7-4-10(17-18-7)6-1-2-8(9(13)3-6)11(14,15)16/h1-4H,5H2. The van der Waals surface area contributed by atoms with Crippen LogP contribution in [0.3, 0.4) is 0 Å². The van der Waals surface area contributed by atoms with Crippen molar-refractivity contribution in [3.8, 4) is 11.3 Å². The summed E-state index contributed by atoms with van der Waals surface area (Å²) in [5.74, 6) is 0.612. The van der Waals surface area contributed by atoms with Crippen LogP contribution < -0.4 is 0 Å². The van der Waals surface area contributed by atoms with Crippen LogP contribution >= 0.6 is 31.9 Å². The van der Waals surface area contributed by atoms with Crippen LogP contribution in [-0.2, 0) is 11.5 Å². The smallest absolute Gasteiger partial charge is 0.360 e. The maximum atomic E-state index is 12.6. The van der Waals surface area contributed by atoms with Crippen LogP contribution in [0.2, 0.25) is 0 Å². The highest BCUT2D eigenvalue weighted by Crippen LogP contribution is 2.36. The minimum atomic E-state index is -4.37. The first-order valence-corrected chi connectivity index (χ1v) is 6.72. The topological polar surface area (TPSA) is 26.0 Å². The summed E-state index contributed by atoms with van der Waals surface area (Å²) in [4.78, 5) is 0. The lowest BCUT2D eigenvalue weighted by molar-refractivity contribution is -0.138. The molecule has 18 heavy (non-hydrogen) atoms. The van der Waals surface area contributed by atoms with E-state index in [9.17, 15) is 13.2 Å². The quantitative estimate of drug-likeness (QED) is 0.679. The van der Waals surface area contributed by atoms with E-state index in [0.717, 1.165) is 6.07 Å². The summed E-state index contributed by atoms with van der Waals surface area (Å²) in [6.07, 6.45) is -4.37. The van der Waals surface area contributed by atoms with E-state index in [4.69, 9.17) is 4.52 Å². The van der Waals surface area contributed by atoms with Crippen molar-refractivity contribution in [3.63, 3.8) is 0 Å². The molecule has 0 aliphatic heterocycles. The second-order valence-corrected chi connectivity index (χ2v) is 4.92. The molecule has 0 aliphatic carbocycles. The van der Waals surface area contributed by atoms with Crippen molar-refractivity contribution in [2.75, 3.05) is 0 Å². The summed E-state index contributed by atoms with van der Waals surface area (Å²) in [5, 5.41) is 4.28. The van der Waals surface area contributed by atoms with E-state index in [2.05, 4.69) is 37.0 Å². The monoisotopic (exact) mass is 383 g/mol. The van der Waals surface area contributed by atoms with E-state index in [0.29, 0.717) is 22.3 Å². The minimum absolute atomic E-state index is 0.0177. The van der Waals surface area contributed by atoms with Gasteiger partial charge in [-0.25, -0.2) is 0 Å². The number of rotatable bonds is 2. The molecular weight excluding hydrogens is 379 g/mol. The molecule has 0 saturated carbocycles. The number of hydrogen-bond acceptors (Lipinski definition) is 2. The molecule has 0 atom stereocenters. The Kier molecular flexibility index (Phi) is 3.82. The predicted molar refractivity (Wildman–Crippen MR) is 67.3 cm³/mol. The summed E-state index contributed by atoms with van der Waals surface area (Å²) in [5.41, 5.74) is 0.347. The lowest BCUT2D eigenvalue weighted by Gasteiger charge is -2.09. The van der Waals surface area contributed by atoms with E-state index >= 15 is 0 Å². The van der Waals surface area contributed by atoms with Crippen LogP contribution in [0.4, 0.5) is 13.2 Å². The van der Waals surface area contributed by atoms with Gasteiger partial charge in [-0.3, -0.25) is 0 Å². The molecule has 2 aromatic rings. The fourth-order valence-electron chi connectivity index (χ4n) is 1.42. The van der Waals surface area contributed by atoms with E-state index in [1.54, 1.807) is 6.07 Å². The third kappa shape index (κ3) is 2.77. The Morgan fingerprint density at radius 3 is 2.44 bits per heavy atom. The lowest BCUT2D eigenvalue weighted by Crippen LogP contribution is -2.05. The Hall–Kier alpha value is -0.820. The number of aromatic nitrogens is 1. The van der Waals surface area contributed by atoms with Crippen LogP contribution in [0.25, 0.3) is 11.3 Å². The van der Waals surface area contributed by atoms with Gasteiger partial charge in [0.25, 0.3) is 0 Å². The Labute approximate surface area is 117 Å². The first-order chi connectivity index (χ1) is 8.41. The lowest BCUT2D eigenvalue weighted by atomic mass is 10.1. The molecule has 0 aliphatic rings. The molecular formula is C11H6Br2F3NO. The molecule has 0 amide bonds. The van der Waals surface area contributed by atoms with Crippen LogP contribution in [0.1, 0.15) is 11.3 Å². The number of halogens is 5. The fourth-order valence-corrected chi connectivity index (χ4v) is 2.28. The van der Waals surface area contributed by atoms with Gasteiger partial charge in [0.2, 0.25) is 0 Å². The zero-order valence-corrected chi connectivity index (χ0v) is 11.9. The zero-order chi connectivity index (χ0) is 13.3. The molecule has 7 heteroatoms. The highest BCUT2D eigenvalue weighted by molar-refractivity contribution is 9.10. The predicted octanol–water partition coefficient (Wildman–Crippen LogP) is 5.02. The molecule has 96 valence electrons. The van der Waals surface area contributed by atoms with Crippen molar-refractivity contribution in [1.29, 1.82) is 0 Å². The third-order valence-corrected chi connectivity index (χ3v) is 3.47.